The third-order valence-electron chi connectivity index (χ3n) is 7.20. The van der Waals surface area contributed by atoms with E-state index in [-0.39, 0.29) is 18.4 Å². The first-order valence-corrected chi connectivity index (χ1v) is 14.2. The first-order chi connectivity index (χ1) is 20.3. The maximum absolute atomic E-state index is 13.8. The van der Waals surface area contributed by atoms with Crippen LogP contribution in [0.1, 0.15) is 30.8 Å². The third-order valence-corrected chi connectivity index (χ3v) is 7.20. The van der Waals surface area contributed by atoms with E-state index >= 15 is 0 Å². The quantitative estimate of drug-likeness (QED) is 0.227. The fourth-order valence-corrected chi connectivity index (χ4v) is 4.87. The monoisotopic (exact) mass is 566 g/mol. The summed E-state index contributed by atoms with van der Waals surface area (Å²) in [4.78, 5) is 50.0. The number of rotatable bonds is 13. The lowest BCUT2D eigenvalue weighted by Gasteiger charge is -2.28. The van der Waals surface area contributed by atoms with E-state index in [9.17, 15) is 14.4 Å². The number of hydrogen-bond acceptors (Lipinski definition) is 5. The standard InChI is InChI=1S/C33H38N6O3/c1-23(2)30(31(34)40)38-32(41)29(22-25-12-9-11-24-10-3-4-15-28(24)25)37-33(42)39(20-16-26-13-5-7-18-35-26)21-17-27-14-6-8-19-36-27/h3-15,18-19,23,29-30H,16-17,20-22H2,1-2H3,(H2,34,40)(H,37,42)(H,38,41)/t29-,30+/m1/s1. The van der Waals surface area contributed by atoms with Gasteiger partial charge in [0.2, 0.25) is 11.8 Å². The van der Waals surface area contributed by atoms with Crippen molar-refractivity contribution in [3.63, 3.8) is 0 Å². The van der Waals surface area contributed by atoms with Crippen molar-refractivity contribution in [2.75, 3.05) is 13.1 Å². The highest BCUT2D eigenvalue weighted by atomic mass is 16.2. The number of benzene rings is 2. The summed E-state index contributed by atoms with van der Waals surface area (Å²) in [5, 5.41) is 7.77. The summed E-state index contributed by atoms with van der Waals surface area (Å²) in [5.41, 5.74) is 8.22. The highest BCUT2D eigenvalue weighted by Crippen LogP contribution is 2.20. The predicted molar refractivity (Wildman–Crippen MR) is 163 cm³/mol. The van der Waals surface area contributed by atoms with Gasteiger partial charge in [-0.25, -0.2) is 4.79 Å². The van der Waals surface area contributed by atoms with Crippen molar-refractivity contribution < 1.29 is 14.4 Å². The number of aromatic nitrogens is 2. The topological polar surface area (TPSA) is 130 Å². The molecule has 2 atom stereocenters. The van der Waals surface area contributed by atoms with Gasteiger partial charge in [-0.1, -0.05) is 68.4 Å². The molecule has 42 heavy (non-hydrogen) atoms. The van der Waals surface area contributed by atoms with Crippen molar-refractivity contribution in [3.05, 3.63) is 108 Å². The molecule has 0 radical (unpaired) electrons. The van der Waals surface area contributed by atoms with Gasteiger partial charge in [-0.15, -0.1) is 0 Å². The highest BCUT2D eigenvalue weighted by Gasteiger charge is 2.29. The van der Waals surface area contributed by atoms with Crippen LogP contribution in [0.5, 0.6) is 0 Å². The molecule has 0 fully saturated rings. The third kappa shape index (κ3) is 8.36. The van der Waals surface area contributed by atoms with Crippen LogP contribution >= 0.6 is 0 Å². The first-order valence-electron chi connectivity index (χ1n) is 14.2. The molecule has 0 aliphatic carbocycles. The Bertz CT molecular complexity index is 1430. The van der Waals surface area contributed by atoms with Gasteiger partial charge in [0, 0.05) is 56.1 Å². The Morgan fingerprint density at radius 1 is 0.786 bits per heavy atom. The molecule has 0 spiro atoms. The van der Waals surface area contributed by atoms with Crippen LogP contribution in [0.25, 0.3) is 10.8 Å². The SMILES string of the molecule is CC(C)[C@H](NC(=O)[C@@H](Cc1cccc2ccccc12)NC(=O)N(CCc1ccccn1)CCc1ccccn1)C(N)=O. The Hall–Kier alpha value is -4.79. The molecule has 0 aliphatic rings. The maximum atomic E-state index is 13.8. The summed E-state index contributed by atoms with van der Waals surface area (Å²) < 4.78 is 0. The number of hydrogen-bond donors (Lipinski definition) is 3. The van der Waals surface area contributed by atoms with Crippen LogP contribution in [-0.2, 0) is 28.9 Å². The van der Waals surface area contributed by atoms with Gasteiger partial charge in [0.15, 0.2) is 0 Å². The van der Waals surface area contributed by atoms with Gasteiger partial charge in [0.25, 0.3) is 0 Å². The number of primary amides is 1. The van der Waals surface area contributed by atoms with Crippen molar-refractivity contribution in [2.45, 2.75) is 45.2 Å². The van der Waals surface area contributed by atoms with E-state index in [1.54, 1.807) is 17.3 Å². The van der Waals surface area contributed by atoms with Crippen molar-refractivity contribution in [1.29, 1.82) is 0 Å². The van der Waals surface area contributed by atoms with Crippen LogP contribution in [-0.4, -0.2) is 57.9 Å². The van der Waals surface area contributed by atoms with E-state index in [2.05, 4.69) is 20.6 Å². The lowest BCUT2D eigenvalue weighted by Crippen LogP contribution is -2.57. The molecule has 0 saturated heterocycles. The van der Waals surface area contributed by atoms with Crippen LogP contribution < -0.4 is 16.4 Å². The molecule has 0 aliphatic heterocycles. The van der Waals surface area contributed by atoms with Gasteiger partial charge < -0.3 is 21.3 Å². The number of nitrogens with two attached hydrogens (primary N) is 1. The van der Waals surface area contributed by atoms with Crippen molar-refractivity contribution in [2.24, 2.45) is 11.7 Å². The number of amides is 4. The first kappa shape index (κ1) is 30.2. The predicted octanol–water partition coefficient (Wildman–Crippen LogP) is 3.66. The molecule has 4 aromatic rings. The molecular weight excluding hydrogens is 528 g/mol. The van der Waals surface area contributed by atoms with E-state index in [0.29, 0.717) is 25.9 Å². The Balaban J connectivity index is 1.58. The zero-order chi connectivity index (χ0) is 29.9. The number of urea groups is 1. The zero-order valence-corrected chi connectivity index (χ0v) is 24.1. The van der Waals surface area contributed by atoms with Crippen LogP contribution in [0.2, 0.25) is 0 Å². The van der Waals surface area contributed by atoms with E-state index < -0.39 is 23.9 Å². The molecule has 218 valence electrons. The van der Waals surface area contributed by atoms with Crippen molar-refractivity contribution in [1.82, 2.24) is 25.5 Å². The molecule has 4 rings (SSSR count). The van der Waals surface area contributed by atoms with E-state index in [0.717, 1.165) is 27.7 Å². The molecule has 2 aromatic heterocycles. The molecule has 4 N–H and O–H groups in total. The Labute approximate surface area is 246 Å². The summed E-state index contributed by atoms with van der Waals surface area (Å²) in [6.45, 7) is 4.41. The molecule has 0 saturated carbocycles. The van der Waals surface area contributed by atoms with E-state index in [1.165, 1.54) is 0 Å². The fraction of sp³-hybridized carbons (Fsp3) is 0.303. The number of carbonyl (C=O) groups excluding carboxylic acids is 3. The minimum absolute atomic E-state index is 0.214. The summed E-state index contributed by atoms with van der Waals surface area (Å²) in [7, 11) is 0. The van der Waals surface area contributed by atoms with Gasteiger partial charge in [-0.05, 0) is 46.5 Å². The minimum Gasteiger partial charge on any atom is -0.368 e. The van der Waals surface area contributed by atoms with Gasteiger partial charge in [-0.3, -0.25) is 19.6 Å². The van der Waals surface area contributed by atoms with Crippen LogP contribution in [0, 0.1) is 5.92 Å². The molecule has 9 nitrogen and oxygen atoms in total. The van der Waals surface area contributed by atoms with E-state index in [4.69, 9.17) is 5.73 Å². The summed E-state index contributed by atoms with van der Waals surface area (Å²) in [6, 6.07) is 22.9. The minimum atomic E-state index is -0.948. The Kier molecular flexibility index (Phi) is 10.6. The zero-order valence-electron chi connectivity index (χ0n) is 24.1. The molecule has 2 aromatic carbocycles. The lowest BCUT2D eigenvalue weighted by molar-refractivity contribution is -0.129. The number of fused-ring (bicyclic) bond motifs is 1. The molecule has 9 heteroatoms. The average molecular weight is 567 g/mol. The normalized spacial score (nSPS) is 12.5. The van der Waals surface area contributed by atoms with Crippen LogP contribution in [0.15, 0.2) is 91.3 Å². The van der Waals surface area contributed by atoms with Crippen molar-refractivity contribution in [3.8, 4) is 0 Å². The van der Waals surface area contributed by atoms with Gasteiger partial charge in [0.1, 0.15) is 12.1 Å². The fourth-order valence-electron chi connectivity index (χ4n) is 4.87. The number of carbonyl (C=O) groups is 3. The second kappa shape index (κ2) is 14.7. The second-order valence-corrected chi connectivity index (χ2v) is 10.6. The Morgan fingerprint density at radius 2 is 1.38 bits per heavy atom. The number of nitrogens with zero attached hydrogens (tertiary/aromatic N) is 3. The summed E-state index contributed by atoms with van der Waals surface area (Å²) in [5.74, 6) is -1.31. The summed E-state index contributed by atoms with van der Waals surface area (Å²) >= 11 is 0. The molecule has 2 heterocycles. The molecule has 0 bridgehead atoms. The highest BCUT2D eigenvalue weighted by molar-refractivity contribution is 5.93. The molecule has 4 amide bonds. The van der Waals surface area contributed by atoms with Crippen molar-refractivity contribution >= 4 is 28.6 Å². The number of nitrogens with one attached hydrogen (secondary N) is 2. The largest absolute Gasteiger partial charge is 0.368 e. The average Bonchev–Trinajstić information content (AvgIpc) is 3.00. The second-order valence-electron chi connectivity index (χ2n) is 10.6. The van der Waals surface area contributed by atoms with Gasteiger partial charge >= 0.3 is 6.03 Å². The van der Waals surface area contributed by atoms with E-state index in [1.807, 2.05) is 92.7 Å². The Morgan fingerprint density at radius 3 is 1.95 bits per heavy atom. The lowest BCUT2D eigenvalue weighted by atomic mass is 9.97. The van der Waals surface area contributed by atoms with Gasteiger partial charge in [0.05, 0.1) is 0 Å². The summed E-state index contributed by atoms with van der Waals surface area (Å²) in [6.07, 6.45) is 4.78. The van der Waals surface area contributed by atoms with Crippen LogP contribution in [0.3, 0.4) is 0 Å². The smallest absolute Gasteiger partial charge is 0.318 e. The molecular formula is C33H38N6O3. The van der Waals surface area contributed by atoms with Gasteiger partial charge in [-0.2, -0.15) is 0 Å². The number of pyridine rings is 2. The maximum Gasteiger partial charge on any atom is 0.318 e. The molecule has 0 unspecified atom stereocenters. The van der Waals surface area contributed by atoms with Crippen LogP contribution in [0.4, 0.5) is 4.79 Å².